The first-order valence-corrected chi connectivity index (χ1v) is 7.56. The Hall–Kier alpha value is -2.40. The maximum atomic E-state index is 13.9. The fourth-order valence-corrected chi connectivity index (χ4v) is 2.16. The number of halogens is 1. The summed E-state index contributed by atoms with van der Waals surface area (Å²) in [5, 5.41) is 3.27. The lowest BCUT2D eigenvalue weighted by Gasteiger charge is -2.16. The number of benzene rings is 2. The number of ether oxygens (including phenoxy) is 1. The van der Waals surface area contributed by atoms with Crippen LogP contribution in [-0.2, 0) is 16.1 Å². The highest BCUT2D eigenvalue weighted by molar-refractivity contribution is 5.75. The third kappa shape index (κ3) is 4.79. The predicted octanol–water partition coefficient (Wildman–Crippen LogP) is 3.20. The van der Waals surface area contributed by atoms with Gasteiger partial charge < -0.3 is 15.8 Å². The Kier molecular flexibility index (Phi) is 6.11. The number of anilines is 1. The molecule has 122 valence electrons. The van der Waals surface area contributed by atoms with Crippen molar-refractivity contribution < 1.29 is 13.9 Å². The number of carbonyl (C=O) groups excluding carboxylic acids is 1. The SMILES string of the molecule is CCOC(=O)C(F)[C@H](N)c1ccc(NCc2ccccc2)cc1. The minimum atomic E-state index is -1.86. The molecule has 0 fully saturated rings. The summed E-state index contributed by atoms with van der Waals surface area (Å²) in [4.78, 5) is 11.4. The minimum Gasteiger partial charge on any atom is -0.464 e. The largest absolute Gasteiger partial charge is 0.464 e. The maximum Gasteiger partial charge on any atom is 0.342 e. The highest BCUT2D eigenvalue weighted by Gasteiger charge is 2.27. The summed E-state index contributed by atoms with van der Waals surface area (Å²) in [5.74, 6) is -0.925. The molecule has 3 N–H and O–H groups in total. The van der Waals surface area contributed by atoms with Crippen molar-refractivity contribution in [3.8, 4) is 0 Å². The van der Waals surface area contributed by atoms with Gasteiger partial charge in [-0.05, 0) is 30.2 Å². The standard InChI is InChI=1S/C18H21FN2O2/c1-2-23-18(22)16(19)17(20)14-8-10-15(11-9-14)21-12-13-6-4-3-5-7-13/h3-11,16-17,21H,2,12,20H2,1H3/t16?,17-/m1/s1. The van der Waals surface area contributed by atoms with Crippen LogP contribution in [0.25, 0.3) is 0 Å². The molecule has 0 spiro atoms. The average Bonchev–Trinajstić information content (AvgIpc) is 2.60. The van der Waals surface area contributed by atoms with Gasteiger partial charge in [0.1, 0.15) is 0 Å². The van der Waals surface area contributed by atoms with Gasteiger partial charge >= 0.3 is 5.97 Å². The molecule has 2 rings (SSSR count). The van der Waals surface area contributed by atoms with Crippen molar-refractivity contribution >= 4 is 11.7 Å². The molecule has 2 aromatic rings. The van der Waals surface area contributed by atoms with Crippen LogP contribution in [0.5, 0.6) is 0 Å². The molecule has 0 amide bonds. The van der Waals surface area contributed by atoms with Gasteiger partial charge in [-0.1, -0.05) is 42.5 Å². The van der Waals surface area contributed by atoms with Gasteiger partial charge in [-0.3, -0.25) is 0 Å². The Labute approximate surface area is 135 Å². The summed E-state index contributed by atoms with van der Waals surface area (Å²) < 4.78 is 18.6. The van der Waals surface area contributed by atoms with Crippen LogP contribution in [0.15, 0.2) is 54.6 Å². The molecule has 4 nitrogen and oxygen atoms in total. The molecule has 0 radical (unpaired) electrons. The van der Waals surface area contributed by atoms with E-state index < -0.39 is 18.2 Å². The van der Waals surface area contributed by atoms with Gasteiger partial charge in [-0.15, -0.1) is 0 Å². The lowest BCUT2D eigenvalue weighted by Crippen LogP contribution is -2.31. The number of carbonyl (C=O) groups is 1. The number of nitrogens with one attached hydrogen (secondary N) is 1. The maximum absolute atomic E-state index is 13.9. The van der Waals surface area contributed by atoms with Crippen molar-refractivity contribution in [3.63, 3.8) is 0 Å². The Bertz CT molecular complexity index is 617. The number of esters is 1. The second kappa shape index (κ2) is 8.29. The van der Waals surface area contributed by atoms with E-state index in [1.165, 1.54) is 5.56 Å². The third-order valence-corrected chi connectivity index (χ3v) is 3.46. The molecule has 1 unspecified atom stereocenters. The van der Waals surface area contributed by atoms with E-state index in [0.717, 1.165) is 5.69 Å². The molecule has 0 bridgehead atoms. The smallest absolute Gasteiger partial charge is 0.342 e. The van der Waals surface area contributed by atoms with Gasteiger partial charge in [-0.2, -0.15) is 0 Å². The van der Waals surface area contributed by atoms with Gasteiger partial charge in [0.15, 0.2) is 0 Å². The Balaban J connectivity index is 1.94. The van der Waals surface area contributed by atoms with Crippen molar-refractivity contribution in [2.45, 2.75) is 25.7 Å². The second-order valence-electron chi connectivity index (χ2n) is 5.14. The first-order valence-electron chi connectivity index (χ1n) is 7.56. The quantitative estimate of drug-likeness (QED) is 0.770. The van der Waals surface area contributed by atoms with Gasteiger partial charge in [-0.25, -0.2) is 9.18 Å². The third-order valence-electron chi connectivity index (χ3n) is 3.46. The van der Waals surface area contributed by atoms with E-state index in [-0.39, 0.29) is 6.61 Å². The van der Waals surface area contributed by atoms with Gasteiger partial charge in [0.05, 0.1) is 12.6 Å². The molecule has 0 aliphatic carbocycles. The summed E-state index contributed by atoms with van der Waals surface area (Å²) >= 11 is 0. The summed E-state index contributed by atoms with van der Waals surface area (Å²) in [6, 6.07) is 16.0. The molecule has 0 aliphatic rings. The molecule has 23 heavy (non-hydrogen) atoms. The number of nitrogens with two attached hydrogens (primary N) is 1. The van der Waals surface area contributed by atoms with Crippen LogP contribution in [0.4, 0.5) is 10.1 Å². The lowest BCUT2D eigenvalue weighted by atomic mass is 10.0. The van der Waals surface area contributed by atoms with E-state index in [1.54, 1.807) is 19.1 Å². The highest BCUT2D eigenvalue weighted by atomic mass is 19.1. The zero-order valence-electron chi connectivity index (χ0n) is 13.0. The molecule has 0 aromatic heterocycles. The zero-order valence-corrected chi connectivity index (χ0v) is 13.0. The van der Waals surface area contributed by atoms with E-state index in [0.29, 0.717) is 12.1 Å². The van der Waals surface area contributed by atoms with Crippen molar-refractivity contribution in [3.05, 3.63) is 65.7 Å². The number of hydrogen-bond acceptors (Lipinski definition) is 4. The second-order valence-corrected chi connectivity index (χ2v) is 5.14. The van der Waals surface area contributed by atoms with Gasteiger partial charge in [0, 0.05) is 12.2 Å². The normalized spacial score (nSPS) is 13.2. The van der Waals surface area contributed by atoms with E-state index in [1.807, 2.05) is 42.5 Å². The molecule has 0 saturated heterocycles. The van der Waals surface area contributed by atoms with E-state index in [2.05, 4.69) is 10.1 Å². The fourth-order valence-electron chi connectivity index (χ4n) is 2.16. The highest BCUT2D eigenvalue weighted by Crippen LogP contribution is 2.20. The molecule has 2 aromatic carbocycles. The van der Waals surface area contributed by atoms with E-state index in [9.17, 15) is 9.18 Å². The van der Waals surface area contributed by atoms with Crippen molar-refractivity contribution in [1.29, 1.82) is 0 Å². The van der Waals surface area contributed by atoms with Crippen LogP contribution in [0.1, 0.15) is 24.1 Å². The van der Waals surface area contributed by atoms with Crippen LogP contribution in [0, 0.1) is 0 Å². The average molecular weight is 316 g/mol. The van der Waals surface area contributed by atoms with Crippen LogP contribution < -0.4 is 11.1 Å². The van der Waals surface area contributed by atoms with E-state index in [4.69, 9.17) is 5.73 Å². The van der Waals surface area contributed by atoms with Crippen molar-refractivity contribution in [1.82, 2.24) is 0 Å². The topological polar surface area (TPSA) is 64.3 Å². The summed E-state index contributed by atoms with van der Waals surface area (Å²) in [7, 11) is 0. The molecule has 0 aliphatic heterocycles. The first-order chi connectivity index (χ1) is 11.1. The van der Waals surface area contributed by atoms with Crippen LogP contribution in [0.2, 0.25) is 0 Å². The Morgan fingerprint density at radius 1 is 1.17 bits per heavy atom. The van der Waals surface area contributed by atoms with Crippen molar-refractivity contribution in [2.24, 2.45) is 5.73 Å². The molecule has 0 saturated carbocycles. The lowest BCUT2D eigenvalue weighted by molar-refractivity contribution is -0.149. The Morgan fingerprint density at radius 3 is 2.43 bits per heavy atom. The summed E-state index contributed by atoms with van der Waals surface area (Å²) in [6.07, 6.45) is -1.86. The van der Waals surface area contributed by atoms with Crippen molar-refractivity contribution in [2.75, 3.05) is 11.9 Å². The minimum absolute atomic E-state index is 0.133. The van der Waals surface area contributed by atoms with Crippen LogP contribution in [0.3, 0.4) is 0 Å². The molecule has 0 heterocycles. The first kappa shape index (κ1) is 17.0. The number of hydrogen-bond donors (Lipinski definition) is 2. The summed E-state index contributed by atoms with van der Waals surface area (Å²) in [5.41, 5.74) is 8.41. The number of rotatable bonds is 7. The number of alkyl halides is 1. The van der Waals surface area contributed by atoms with Crippen LogP contribution >= 0.6 is 0 Å². The zero-order chi connectivity index (χ0) is 16.7. The summed E-state index contributed by atoms with van der Waals surface area (Å²) in [6.45, 7) is 2.46. The van der Waals surface area contributed by atoms with Crippen LogP contribution in [-0.4, -0.2) is 18.7 Å². The molecule has 2 atom stereocenters. The predicted molar refractivity (Wildman–Crippen MR) is 88.7 cm³/mol. The van der Waals surface area contributed by atoms with E-state index >= 15 is 0 Å². The monoisotopic (exact) mass is 316 g/mol. The molecular weight excluding hydrogens is 295 g/mol. The Morgan fingerprint density at radius 2 is 1.83 bits per heavy atom. The molecular formula is C18H21FN2O2. The fraction of sp³-hybridized carbons (Fsp3) is 0.278. The van der Waals surface area contributed by atoms with Gasteiger partial charge in [0.25, 0.3) is 0 Å². The van der Waals surface area contributed by atoms with Gasteiger partial charge in [0.2, 0.25) is 6.17 Å². The molecule has 5 heteroatoms.